The summed E-state index contributed by atoms with van der Waals surface area (Å²) in [6.07, 6.45) is 0. The number of hydrogen-bond donors (Lipinski definition) is 1. The molecule has 6 heteroatoms. The molecule has 0 spiro atoms. The average molecular weight is 388 g/mol. The van der Waals surface area contributed by atoms with E-state index in [0.29, 0.717) is 27.2 Å². The molecule has 0 bridgehead atoms. The summed E-state index contributed by atoms with van der Waals surface area (Å²) in [7, 11) is 0. The first-order valence-corrected chi connectivity index (χ1v) is 9.09. The van der Waals surface area contributed by atoms with Crippen molar-refractivity contribution in [3.8, 4) is 11.1 Å². The van der Waals surface area contributed by atoms with Crippen molar-refractivity contribution in [2.75, 3.05) is 5.73 Å². The van der Waals surface area contributed by atoms with Crippen molar-refractivity contribution < 1.29 is 9.21 Å². The number of carbonyl (C=O) groups is 1. The number of fused-ring (bicyclic) bond motifs is 1. The van der Waals surface area contributed by atoms with Gasteiger partial charge in [0.25, 0.3) is 0 Å². The van der Waals surface area contributed by atoms with Crippen LogP contribution in [0.5, 0.6) is 0 Å². The lowest BCUT2D eigenvalue weighted by Gasteiger charge is -2.02. The van der Waals surface area contributed by atoms with Crippen molar-refractivity contribution in [3.05, 3.63) is 74.6 Å². The first-order valence-electron chi connectivity index (χ1n) is 7.39. The number of carbonyl (C=O) groups excluding carboxylic acids is 1. The van der Waals surface area contributed by atoms with Gasteiger partial charge < -0.3 is 10.2 Å². The maximum absolute atomic E-state index is 12.8. The average Bonchev–Trinajstić information content (AvgIpc) is 3.22. The number of anilines is 1. The Morgan fingerprint density at radius 1 is 1.04 bits per heavy atom. The van der Waals surface area contributed by atoms with Crippen LogP contribution in [0.2, 0.25) is 10.0 Å². The van der Waals surface area contributed by atoms with Crippen molar-refractivity contribution in [2.45, 2.75) is 0 Å². The standard InChI is InChI=1S/C19H11Cl2NO2S/c20-12-2-4-13(15(21)8-12)18(23)19-17(22)14-3-1-10(7-16(14)24-19)11-5-6-25-9-11/h1-9H,22H2. The predicted molar refractivity (Wildman–Crippen MR) is 104 cm³/mol. The second-order valence-corrected chi connectivity index (χ2v) is 7.14. The lowest BCUT2D eigenvalue weighted by Crippen LogP contribution is -2.03. The monoisotopic (exact) mass is 387 g/mol. The maximum atomic E-state index is 12.8. The van der Waals surface area contributed by atoms with Crippen molar-refractivity contribution in [1.82, 2.24) is 0 Å². The molecular formula is C19H11Cl2NO2S. The number of rotatable bonds is 3. The minimum Gasteiger partial charge on any atom is -0.450 e. The fourth-order valence-electron chi connectivity index (χ4n) is 2.69. The number of ketones is 1. The van der Waals surface area contributed by atoms with E-state index in [4.69, 9.17) is 33.4 Å². The molecule has 4 rings (SSSR count). The summed E-state index contributed by atoms with van der Waals surface area (Å²) in [6, 6.07) is 12.4. The Morgan fingerprint density at radius 3 is 2.60 bits per heavy atom. The van der Waals surface area contributed by atoms with Gasteiger partial charge in [0.1, 0.15) is 5.58 Å². The zero-order chi connectivity index (χ0) is 17.6. The van der Waals surface area contributed by atoms with Gasteiger partial charge in [-0.2, -0.15) is 11.3 Å². The van der Waals surface area contributed by atoms with Gasteiger partial charge in [0, 0.05) is 16.0 Å². The smallest absolute Gasteiger partial charge is 0.231 e. The molecule has 0 fully saturated rings. The van der Waals surface area contributed by atoms with Crippen molar-refractivity contribution >= 4 is 57.0 Å². The Hall–Kier alpha value is -2.27. The second kappa shape index (κ2) is 6.23. The summed E-state index contributed by atoms with van der Waals surface area (Å²) in [4.78, 5) is 12.8. The van der Waals surface area contributed by atoms with Crippen LogP contribution < -0.4 is 5.73 Å². The highest BCUT2D eigenvalue weighted by atomic mass is 35.5. The Labute approximate surface area is 157 Å². The molecule has 0 aliphatic rings. The van der Waals surface area contributed by atoms with Crippen LogP contribution in [0.4, 0.5) is 5.69 Å². The summed E-state index contributed by atoms with van der Waals surface area (Å²) in [5.41, 5.74) is 9.42. The van der Waals surface area contributed by atoms with Gasteiger partial charge in [-0.25, -0.2) is 0 Å². The van der Waals surface area contributed by atoms with Gasteiger partial charge in [0.15, 0.2) is 5.76 Å². The number of furan rings is 1. The van der Waals surface area contributed by atoms with Crippen molar-refractivity contribution in [3.63, 3.8) is 0 Å². The third-order valence-corrected chi connectivity index (χ3v) is 5.20. The number of hydrogen-bond acceptors (Lipinski definition) is 4. The first kappa shape index (κ1) is 16.2. The van der Waals surface area contributed by atoms with E-state index in [1.165, 1.54) is 6.07 Å². The SMILES string of the molecule is Nc1c(C(=O)c2ccc(Cl)cc2Cl)oc2cc(-c3ccsc3)ccc12. The number of thiophene rings is 1. The normalized spacial score (nSPS) is 11.1. The quantitative estimate of drug-likeness (QED) is 0.420. The molecule has 2 aromatic carbocycles. The molecule has 0 aliphatic heterocycles. The van der Waals surface area contributed by atoms with Crippen molar-refractivity contribution in [1.29, 1.82) is 0 Å². The Bertz CT molecular complexity index is 1100. The molecule has 2 heterocycles. The molecule has 4 aromatic rings. The molecule has 25 heavy (non-hydrogen) atoms. The number of halogens is 2. The highest BCUT2D eigenvalue weighted by molar-refractivity contribution is 7.08. The van der Waals surface area contributed by atoms with Crippen LogP contribution >= 0.6 is 34.5 Å². The molecule has 3 nitrogen and oxygen atoms in total. The first-order chi connectivity index (χ1) is 12.0. The van der Waals surface area contributed by atoms with Gasteiger partial charge in [0.2, 0.25) is 5.78 Å². The molecule has 0 amide bonds. The zero-order valence-corrected chi connectivity index (χ0v) is 15.1. The highest BCUT2D eigenvalue weighted by Crippen LogP contribution is 2.35. The van der Waals surface area contributed by atoms with Gasteiger partial charge in [-0.3, -0.25) is 4.79 Å². The largest absolute Gasteiger partial charge is 0.450 e. The lowest BCUT2D eigenvalue weighted by atomic mass is 10.1. The molecule has 0 saturated carbocycles. The molecular weight excluding hydrogens is 377 g/mol. The summed E-state index contributed by atoms with van der Waals surface area (Å²) in [6.45, 7) is 0. The van der Waals surface area contributed by atoms with Crippen molar-refractivity contribution in [2.24, 2.45) is 0 Å². The van der Waals surface area contributed by atoms with Crippen LogP contribution in [0.15, 0.2) is 57.6 Å². The maximum Gasteiger partial charge on any atom is 0.231 e. The molecule has 0 aliphatic carbocycles. The molecule has 124 valence electrons. The lowest BCUT2D eigenvalue weighted by molar-refractivity contribution is 0.101. The molecule has 0 radical (unpaired) electrons. The van der Waals surface area contributed by atoms with E-state index in [2.05, 4.69) is 0 Å². The molecule has 0 saturated heterocycles. The van der Waals surface area contributed by atoms with Gasteiger partial charge >= 0.3 is 0 Å². The zero-order valence-electron chi connectivity index (χ0n) is 12.8. The van der Waals surface area contributed by atoms with E-state index in [1.807, 2.05) is 35.0 Å². The third-order valence-electron chi connectivity index (χ3n) is 3.96. The van der Waals surface area contributed by atoms with Gasteiger partial charge in [-0.15, -0.1) is 0 Å². The van der Waals surface area contributed by atoms with Crippen LogP contribution in [0.25, 0.3) is 22.1 Å². The highest BCUT2D eigenvalue weighted by Gasteiger charge is 2.22. The Kier molecular flexibility index (Phi) is 4.04. The third kappa shape index (κ3) is 2.82. The van der Waals surface area contributed by atoms with Gasteiger partial charge in [-0.05, 0) is 58.3 Å². The van der Waals surface area contributed by atoms with E-state index >= 15 is 0 Å². The Balaban J connectivity index is 1.82. The molecule has 0 atom stereocenters. The van der Waals surface area contributed by atoms with E-state index in [9.17, 15) is 4.79 Å². The van der Waals surface area contributed by atoms with E-state index < -0.39 is 0 Å². The Morgan fingerprint density at radius 2 is 1.88 bits per heavy atom. The minimum absolute atomic E-state index is 0.0849. The minimum atomic E-state index is -0.368. The van der Waals surface area contributed by atoms with E-state index in [1.54, 1.807) is 23.5 Å². The summed E-state index contributed by atoms with van der Waals surface area (Å²) in [5, 5.41) is 5.48. The summed E-state index contributed by atoms with van der Waals surface area (Å²) < 4.78 is 5.78. The van der Waals surface area contributed by atoms with Gasteiger partial charge in [-0.1, -0.05) is 29.3 Å². The molecule has 0 unspecified atom stereocenters. The molecule has 2 N–H and O–H groups in total. The van der Waals surface area contributed by atoms with Crippen LogP contribution in [0.3, 0.4) is 0 Å². The van der Waals surface area contributed by atoms with E-state index in [0.717, 1.165) is 11.1 Å². The second-order valence-electron chi connectivity index (χ2n) is 5.52. The fraction of sp³-hybridized carbons (Fsp3) is 0. The fourth-order valence-corrected chi connectivity index (χ4v) is 3.85. The predicted octanol–water partition coefficient (Wildman–Crippen LogP) is 6.28. The van der Waals surface area contributed by atoms with Gasteiger partial charge in [0.05, 0.1) is 10.7 Å². The van der Waals surface area contributed by atoms with Crippen LogP contribution in [-0.2, 0) is 0 Å². The van der Waals surface area contributed by atoms with Crippen LogP contribution in [0.1, 0.15) is 16.1 Å². The summed E-state index contributed by atoms with van der Waals surface area (Å²) in [5.74, 6) is -0.283. The number of nitrogen functional groups attached to an aromatic ring is 1. The number of benzene rings is 2. The van der Waals surface area contributed by atoms with E-state index in [-0.39, 0.29) is 16.6 Å². The topological polar surface area (TPSA) is 56.2 Å². The summed E-state index contributed by atoms with van der Waals surface area (Å²) >= 11 is 13.6. The molecule has 2 aromatic heterocycles. The van der Waals surface area contributed by atoms with Crippen LogP contribution in [0, 0.1) is 0 Å². The van der Waals surface area contributed by atoms with Crippen LogP contribution in [-0.4, -0.2) is 5.78 Å². The number of nitrogens with two attached hydrogens (primary N) is 1.